The van der Waals surface area contributed by atoms with E-state index in [9.17, 15) is 14.9 Å². The molecule has 8 nitrogen and oxygen atoms in total. The number of rotatable bonds is 4. The number of non-ortho nitro benzene ring substituents is 1. The molecule has 0 atom stereocenters. The minimum absolute atomic E-state index is 0.00331. The molecule has 2 aliphatic rings. The highest BCUT2D eigenvalue weighted by Crippen LogP contribution is 2.38. The molecular formula is C23H13ClN4O4S. The number of nitro benzene ring substituents is 1. The van der Waals surface area contributed by atoms with Gasteiger partial charge in [-0.1, -0.05) is 53.7 Å². The van der Waals surface area contributed by atoms with Crippen LogP contribution in [0.4, 0.5) is 5.69 Å². The van der Waals surface area contributed by atoms with Gasteiger partial charge >= 0.3 is 0 Å². The van der Waals surface area contributed by atoms with Crippen LogP contribution >= 0.6 is 23.4 Å². The van der Waals surface area contributed by atoms with Crippen molar-refractivity contribution in [3.63, 3.8) is 0 Å². The summed E-state index contributed by atoms with van der Waals surface area (Å²) in [5.41, 5.74) is 2.10. The molecule has 0 bridgehead atoms. The minimum atomic E-state index is -0.534. The Labute approximate surface area is 196 Å². The Bertz CT molecular complexity index is 1430. The first-order valence-electron chi connectivity index (χ1n) is 9.62. The van der Waals surface area contributed by atoms with Crippen LogP contribution in [0.1, 0.15) is 11.3 Å². The molecule has 0 radical (unpaired) electrons. The lowest BCUT2D eigenvalue weighted by molar-refractivity contribution is -0.384. The molecular weight excluding hydrogens is 464 g/mol. The van der Waals surface area contributed by atoms with Crippen LogP contribution in [-0.2, 0) is 4.79 Å². The first kappa shape index (κ1) is 20.9. The van der Waals surface area contributed by atoms with Crippen molar-refractivity contribution in [2.75, 3.05) is 0 Å². The summed E-state index contributed by atoms with van der Waals surface area (Å²) in [6, 6.07) is 16.9. The zero-order chi connectivity index (χ0) is 23.1. The van der Waals surface area contributed by atoms with Gasteiger partial charge in [0.1, 0.15) is 17.4 Å². The van der Waals surface area contributed by atoms with Gasteiger partial charge in [-0.05, 0) is 29.8 Å². The van der Waals surface area contributed by atoms with E-state index in [1.54, 1.807) is 17.0 Å². The van der Waals surface area contributed by atoms with Crippen LogP contribution in [0.25, 0.3) is 23.1 Å². The number of hydrogen-bond donors (Lipinski definition) is 1. The molecule has 0 saturated carbocycles. The number of nitrogens with zero attached hydrogens (tertiary/aromatic N) is 3. The number of amides is 1. The van der Waals surface area contributed by atoms with Crippen molar-refractivity contribution in [2.24, 2.45) is 4.99 Å². The summed E-state index contributed by atoms with van der Waals surface area (Å²) >= 11 is 7.48. The van der Waals surface area contributed by atoms with E-state index < -0.39 is 10.8 Å². The molecule has 33 heavy (non-hydrogen) atoms. The first-order valence-corrected chi connectivity index (χ1v) is 10.9. The average Bonchev–Trinajstić information content (AvgIpc) is 3.44. The zero-order valence-electron chi connectivity index (χ0n) is 16.7. The number of halogens is 1. The molecule has 0 unspecified atom stereocenters. The van der Waals surface area contributed by atoms with Gasteiger partial charge in [-0.25, -0.2) is 0 Å². The summed E-state index contributed by atoms with van der Waals surface area (Å²) in [7, 11) is 0. The van der Waals surface area contributed by atoms with Gasteiger partial charge in [0, 0.05) is 23.1 Å². The van der Waals surface area contributed by atoms with Crippen LogP contribution in [0.15, 0.2) is 81.1 Å². The third-order valence-electron chi connectivity index (χ3n) is 5.03. The van der Waals surface area contributed by atoms with Gasteiger partial charge in [0.15, 0.2) is 5.17 Å². The fourth-order valence-corrected chi connectivity index (χ4v) is 4.61. The van der Waals surface area contributed by atoms with Gasteiger partial charge in [-0.2, -0.15) is 4.99 Å². The summed E-state index contributed by atoms with van der Waals surface area (Å²) in [6.45, 7) is 0. The van der Waals surface area contributed by atoms with E-state index in [1.807, 2.05) is 35.7 Å². The van der Waals surface area contributed by atoms with E-state index in [1.165, 1.54) is 36.0 Å². The fraction of sp³-hybridized carbons (Fsp3) is 0. The number of fused-ring (bicyclic) bond motifs is 1. The Morgan fingerprint density at radius 3 is 2.67 bits per heavy atom. The lowest BCUT2D eigenvalue weighted by Gasteiger charge is -2.26. The predicted molar refractivity (Wildman–Crippen MR) is 128 cm³/mol. The van der Waals surface area contributed by atoms with Gasteiger partial charge in [-0.15, -0.1) is 0 Å². The predicted octanol–water partition coefficient (Wildman–Crippen LogP) is 5.81. The molecule has 2 aromatic carbocycles. The van der Waals surface area contributed by atoms with Crippen molar-refractivity contribution < 1.29 is 14.1 Å². The number of aliphatic imine (C=N–C) groups is 1. The van der Waals surface area contributed by atoms with Crippen LogP contribution in [0.5, 0.6) is 0 Å². The second kappa shape index (κ2) is 8.19. The van der Waals surface area contributed by atoms with Gasteiger partial charge < -0.3 is 4.42 Å². The van der Waals surface area contributed by atoms with E-state index in [0.29, 0.717) is 22.3 Å². The lowest BCUT2D eigenvalue weighted by Crippen LogP contribution is -2.37. The SMILES string of the molecule is N=C1C(=Cc2ccc(-c3ccc([N+](=O)[O-])cc3Cl)o2)C(=O)N=C2SC=C(c3ccccc3)N12. The summed E-state index contributed by atoms with van der Waals surface area (Å²) in [5.74, 6) is 0.162. The standard InChI is InChI=1S/C23H13ClN4O4S/c24-18-10-14(28(30)31)6-8-16(18)20-9-7-15(32-20)11-17-21(25)27-19(13-4-2-1-3-5-13)12-33-23(27)26-22(17)29/h1-12,25H. The molecule has 0 fully saturated rings. The fourth-order valence-electron chi connectivity index (χ4n) is 3.45. The van der Waals surface area contributed by atoms with Crippen LogP contribution in [0, 0.1) is 15.5 Å². The number of benzene rings is 2. The summed E-state index contributed by atoms with van der Waals surface area (Å²) in [4.78, 5) is 28.8. The number of carbonyl (C=O) groups is 1. The van der Waals surface area contributed by atoms with E-state index in [-0.39, 0.29) is 22.1 Å². The van der Waals surface area contributed by atoms with Crippen molar-refractivity contribution in [3.05, 3.63) is 98.1 Å². The molecule has 3 heterocycles. The van der Waals surface area contributed by atoms with Crippen molar-refractivity contribution in [3.8, 4) is 11.3 Å². The number of furan rings is 1. The summed E-state index contributed by atoms with van der Waals surface area (Å²) in [6.07, 6.45) is 1.46. The van der Waals surface area contributed by atoms with E-state index >= 15 is 0 Å². The van der Waals surface area contributed by atoms with E-state index in [0.717, 1.165) is 11.3 Å². The lowest BCUT2D eigenvalue weighted by atomic mass is 10.1. The normalized spacial score (nSPS) is 16.6. The number of nitrogens with one attached hydrogen (secondary N) is 1. The maximum atomic E-state index is 12.6. The monoisotopic (exact) mass is 476 g/mol. The largest absolute Gasteiger partial charge is 0.457 e. The van der Waals surface area contributed by atoms with Gasteiger partial charge in [0.2, 0.25) is 0 Å². The van der Waals surface area contributed by atoms with Crippen molar-refractivity contribution in [1.82, 2.24) is 4.90 Å². The summed E-state index contributed by atoms with van der Waals surface area (Å²) < 4.78 is 5.81. The molecule has 1 aromatic heterocycles. The maximum Gasteiger partial charge on any atom is 0.283 e. The molecule has 10 heteroatoms. The number of carbonyl (C=O) groups excluding carboxylic acids is 1. The molecule has 1 amide bonds. The Hall–Kier alpha value is -3.95. The van der Waals surface area contributed by atoms with Crippen molar-refractivity contribution in [2.45, 2.75) is 0 Å². The Morgan fingerprint density at radius 1 is 1.15 bits per heavy atom. The number of nitro groups is 1. The van der Waals surface area contributed by atoms with Gasteiger partial charge in [-0.3, -0.25) is 25.2 Å². The third kappa shape index (κ3) is 3.77. The highest BCUT2D eigenvalue weighted by Gasteiger charge is 2.36. The maximum absolute atomic E-state index is 12.6. The molecule has 3 aromatic rings. The topological polar surface area (TPSA) is 113 Å². The molecule has 0 aliphatic carbocycles. The van der Waals surface area contributed by atoms with Crippen molar-refractivity contribution >= 4 is 57.7 Å². The second-order valence-corrected chi connectivity index (χ2v) is 8.30. The molecule has 5 rings (SSSR count). The molecule has 2 aliphatic heterocycles. The van der Waals surface area contributed by atoms with Gasteiger partial charge in [0.25, 0.3) is 11.6 Å². The van der Waals surface area contributed by atoms with Crippen LogP contribution in [0.2, 0.25) is 5.02 Å². The smallest absolute Gasteiger partial charge is 0.283 e. The molecule has 0 spiro atoms. The highest BCUT2D eigenvalue weighted by atomic mass is 35.5. The molecule has 162 valence electrons. The number of hydrogen-bond acceptors (Lipinski definition) is 6. The number of thioether (sulfide) groups is 1. The van der Waals surface area contributed by atoms with Gasteiger partial charge in [0.05, 0.1) is 21.2 Å². The summed E-state index contributed by atoms with van der Waals surface area (Å²) in [5, 5.41) is 22.1. The minimum Gasteiger partial charge on any atom is -0.457 e. The van der Waals surface area contributed by atoms with Crippen LogP contribution in [0.3, 0.4) is 0 Å². The Balaban J connectivity index is 1.47. The van der Waals surface area contributed by atoms with E-state index in [4.69, 9.17) is 21.4 Å². The zero-order valence-corrected chi connectivity index (χ0v) is 18.3. The Kier molecular flexibility index (Phi) is 5.20. The first-order chi connectivity index (χ1) is 15.9. The highest BCUT2D eigenvalue weighted by molar-refractivity contribution is 8.17. The quantitative estimate of drug-likeness (QED) is 0.288. The number of amidine groups is 2. The van der Waals surface area contributed by atoms with Crippen LogP contribution in [-0.4, -0.2) is 26.7 Å². The third-order valence-corrected chi connectivity index (χ3v) is 6.16. The van der Waals surface area contributed by atoms with E-state index in [2.05, 4.69) is 4.99 Å². The van der Waals surface area contributed by atoms with Crippen LogP contribution < -0.4 is 0 Å². The average molecular weight is 477 g/mol. The Morgan fingerprint density at radius 2 is 1.94 bits per heavy atom. The molecule has 0 saturated heterocycles. The second-order valence-electron chi connectivity index (χ2n) is 7.05. The van der Waals surface area contributed by atoms with Crippen molar-refractivity contribution in [1.29, 1.82) is 5.41 Å². The molecule has 1 N–H and O–H groups in total.